The van der Waals surface area contributed by atoms with Gasteiger partial charge in [-0.1, -0.05) is 66.9 Å². The van der Waals surface area contributed by atoms with Gasteiger partial charge in [-0.05, 0) is 49.2 Å². The molecule has 2 aromatic carbocycles. The van der Waals surface area contributed by atoms with Crippen molar-refractivity contribution in [3.63, 3.8) is 0 Å². The molecule has 23 heavy (non-hydrogen) atoms. The molecule has 2 nitrogen and oxygen atoms in total. The summed E-state index contributed by atoms with van der Waals surface area (Å²) in [6.45, 7) is 2.09. The number of nitrogens with zero attached hydrogens (tertiary/aromatic N) is 1. The van der Waals surface area contributed by atoms with E-state index in [1.807, 2.05) is 30.3 Å². The van der Waals surface area contributed by atoms with Crippen LogP contribution in [0.5, 0.6) is 0 Å². The molecule has 3 rings (SSSR count). The molecule has 0 saturated carbocycles. The summed E-state index contributed by atoms with van der Waals surface area (Å²) in [5.41, 5.74) is 2.10. The van der Waals surface area contributed by atoms with E-state index in [-0.39, 0.29) is 6.04 Å². The normalized spacial score (nSPS) is 19.0. The summed E-state index contributed by atoms with van der Waals surface area (Å²) in [5.74, 6) is 0. The first kappa shape index (κ1) is 16.5. The molecule has 3 heteroatoms. The summed E-state index contributed by atoms with van der Waals surface area (Å²) in [6, 6.07) is 17.9. The molecule has 0 aliphatic carbocycles. The van der Waals surface area contributed by atoms with Crippen LogP contribution in [0.15, 0.2) is 54.6 Å². The van der Waals surface area contributed by atoms with Crippen molar-refractivity contribution >= 4 is 11.6 Å². The van der Waals surface area contributed by atoms with Gasteiger partial charge in [-0.2, -0.15) is 0 Å². The lowest BCUT2D eigenvalue weighted by atomic mass is 9.94. The zero-order valence-electron chi connectivity index (χ0n) is 13.4. The minimum Gasteiger partial charge on any atom is -0.386 e. The fraction of sp³-hybridized carbons (Fsp3) is 0.400. The maximum atomic E-state index is 11.1. The third-order valence-electron chi connectivity index (χ3n) is 4.69. The number of aliphatic hydroxyl groups excluding tert-OH is 1. The fourth-order valence-corrected chi connectivity index (χ4v) is 3.58. The SMILES string of the molecule is OC(c1ccc(Cl)cc1)C(c1ccccc1)N1CCCCCC1. The van der Waals surface area contributed by atoms with E-state index in [2.05, 4.69) is 29.2 Å². The van der Waals surface area contributed by atoms with Crippen LogP contribution < -0.4 is 0 Å². The van der Waals surface area contributed by atoms with Gasteiger partial charge in [-0.25, -0.2) is 0 Å². The first-order chi connectivity index (χ1) is 11.3. The van der Waals surface area contributed by atoms with Gasteiger partial charge >= 0.3 is 0 Å². The maximum Gasteiger partial charge on any atom is 0.0986 e. The maximum absolute atomic E-state index is 11.1. The average molecular weight is 330 g/mol. The summed E-state index contributed by atoms with van der Waals surface area (Å²) in [6.07, 6.45) is 4.44. The first-order valence-corrected chi connectivity index (χ1v) is 8.86. The number of rotatable bonds is 4. The second kappa shape index (κ2) is 7.96. The molecule has 1 fully saturated rings. The Labute approximate surface area is 143 Å². The molecule has 0 bridgehead atoms. The highest BCUT2D eigenvalue weighted by molar-refractivity contribution is 6.30. The van der Waals surface area contributed by atoms with Crippen molar-refractivity contribution < 1.29 is 5.11 Å². The van der Waals surface area contributed by atoms with Gasteiger partial charge in [0.25, 0.3) is 0 Å². The van der Waals surface area contributed by atoms with Crippen molar-refractivity contribution in [2.75, 3.05) is 13.1 Å². The number of halogens is 1. The van der Waals surface area contributed by atoms with Gasteiger partial charge in [0.15, 0.2) is 0 Å². The van der Waals surface area contributed by atoms with Gasteiger partial charge in [-0.15, -0.1) is 0 Å². The molecule has 2 atom stereocenters. The molecule has 0 amide bonds. The summed E-state index contributed by atoms with van der Waals surface area (Å²) >= 11 is 5.99. The highest BCUT2D eigenvalue weighted by Gasteiger charge is 2.29. The van der Waals surface area contributed by atoms with Crippen molar-refractivity contribution in [3.05, 3.63) is 70.7 Å². The van der Waals surface area contributed by atoms with Gasteiger partial charge in [0.05, 0.1) is 12.1 Å². The van der Waals surface area contributed by atoms with Crippen LogP contribution in [-0.2, 0) is 0 Å². The van der Waals surface area contributed by atoms with E-state index in [0.717, 1.165) is 18.7 Å². The fourth-order valence-electron chi connectivity index (χ4n) is 3.46. The predicted molar refractivity (Wildman–Crippen MR) is 95.6 cm³/mol. The lowest BCUT2D eigenvalue weighted by Crippen LogP contribution is -2.33. The highest BCUT2D eigenvalue weighted by Crippen LogP contribution is 2.35. The minimum atomic E-state index is -0.548. The Morgan fingerprint density at radius 3 is 2.00 bits per heavy atom. The van der Waals surface area contributed by atoms with E-state index in [0.29, 0.717) is 5.02 Å². The molecule has 1 N–H and O–H groups in total. The molecule has 1 aliphatic heterocycles. The van der Waals surface area contributed by atoms with Crippen LogP contribution in [0.4, 0.5) is 0 Å². The number of likely N-dealkylation sites (tertiary alicyclic amines) is 1. The van der Waals surface area contributed by atoms with E-state index in [9.17, 15) is 5.11 Å². The third kappa shape index (κ3) is 4.14. The first-order valence-electron chi connectivity index (χ1n) is 8.48. The van der Waals surface area contributed by atoms with E-state index in [4.69, 9.17) is 11.6 Å². The van der Waals surface area contributed by atoms with Crippen molar-refractivity contribution in [1.82, 2.24) is 4.90 Å². The van der Waals surface area contributed by atoms with Crippen LogP contribution in [0.2, 0.25) is 5.02 Å². The van der Waals surface area contributed by atoms with Gasteiger partial charge in [0.1, 0.15) is 0 Å². The smallest absolute Gasteiger partial charge is 0.0986 e. The van der Waals surface area contributed by atoms with E-state index in [1.54, 1.807) is 0 Å². The molecule has 1 heterocycles. The van der Waals surface area contributed by atoms with Crippen molar-refractivity contribution in [2.45, 2.75) is 37.8 Å². The Balaban J connectivity index is 1.92. The molecule has 1 saturated heterocycles. The van der Waals surface area contributed by atoms with Crippen LogP contribution in [0.1, 0.15) is 49.0 Å². The Morgan fingerprint density at radius 1 is 0.783 bits per heavy atom. The van der Waals surface area contributed by atoms with Crippen LogP contribution in [0, 0.1) is 0 Å². The van der Waals surface area contributed by atoms with Crippen LogP contribution in [-0.4, -0.2) is 23.1 Å². The lowest BCUT2D eigenvalue weighted by Gasteiger charge is -2.34. The van der Waals surface area contributed by atoms with Crippen LogP contribution in [0.25, 0.3) is 0 Å². The second-order valence-electron chi connectivity index (χ2n) is 6.30. The van der Waals surface area contributed by atoms with Gasteiger partial charge < -0.3 is 5.11 Å². The Bertz CT molecular complexity index is 591. The van der Waals surface area contributed by atoms with Gasteiger partial charge in [-0.3, -0.25) is 4.90 Å². The molecule has 0 spiro atoms. The van der Waals surface area contributed by atoms with Crippen LogP contribution in [0.3, 0.4) is 0 Å². The van der Waals surface area contributed by atoms with E-state index < -0.39 is 6.10 Å². The van der Waals surface area contributed by atoms with Gasteiger partial charge in [0, 0.05) is 5.02 Å². The monoisotopic (exact) mass is 329 g/mol. The minimum absolute atomic E-state index is 0.00419. The predicted octanol–water partition coefficient (Wildman–Crippen LogP) is 4.99. The third-order valence-corrected chi connectivity index (χ3v) is 4.94. The lowest BCUT2D eigenvalue weighted by molar-refractivity contribution is 0.0488. The van der Waals surface area contributed by atoms with E-state index in [1.165, 1.54) is 31.2 Å². The molecule has 1 aliphatic rings. The summed E-state index contributed by atoms with van der Waals surface area (Å²) < 4.78 is 0. The molecular weight excluding hydrogens is 306 g/mol. The van der Waals surface area contributed by atoms with Crippen LogP contribution >= 0.6 is 11.6 Å². The highest BCUT2D eigenvalue weighted by atomic mass is 35.5. The topological polar surface area (TPSA) is 23.5 Å². The molecule has 122 valence electrons. The Hall–Kier alpha value is -1.35. The summed E-state index contributed by atoms with van der Waals surface area (Å²) in [4.78, 5) is 2.45. The Morgan fingerprint density at radius 2 is 1.39 bits per heavy atom. The molecule has 2 aromatic rings. The zero-order valence-corrected chi connectivity index (χ0v) is 14.1. The molecule has 0 aromatic heterocycles. The quantitative estimate of drug-likeness (QED) is 0.854. The standard InChI is InChI=1S/C20H24ClNO/c21-18-12-10-17(11-13-18)20(23)19(16-8-4-3-5-9-16)22-14-6-1-2-7-15-22/h3-5,8-13,19-20,23H,1-2,6-7,14-15H2. The molecular formula is C20H24ClNO. The van der Waals surface area contributed by atoms with Crippen molar-refractivity contribution in [2.24, 2.45) is 0 Å². The summed E-state index contributed by atoms with van der Waals surface area (Å²) in [5, 5.41) is 11.8. The zero-order chi connectivity index (χ0) is 16.1. The largest absolute Gasteiger partial charge is 0.386 e. The number of hydrogen-bond donors (Lipinski definition) is 1. The van der Waals surface area contributed by atoms with Crippen molar-refractivity contribution in [1.29, 1.82) is 0 Å². The Kier molecular flexibility index (Phi) is 5.71. The molecule has 2 unspecified atom stereocenters. The summed E-state index contributed by atoms with van der Waals surface area (Å²) in [7, 11) is 0. The van der Waals surface area contributed by atoms with E-state index >= 15 is 0 Å². The number of hydrogen-bond acceptors (Lipinski definition) is 2. The average Bonchev–Trinajstić information content (AvgIpc) is 2.86. The van der Waals surface area contributed by atoms with Crippen molar-refractivity contribution in [3.8, 4) is 0 Å². The van der Waals surface area contributed by atoms with Gasteiger partial charge in [0.2, 0.25) is 0 Å². The second-order valence-corrected chi connectivity index (χ2v) is 6.74. The number of benzene rings is 2. The molecule has 0 radical (unpaired) electrons. The number of aliphatic hydroxyl groups is 1.